The first-order valence-electron chi connectivity index (χ1n) is 9.10. The SMILES string of the molecule is CC(=O)c1ccc(OCC2C([N+](=O)[O-])=C(C)C(C)=C3OC(C)(C)CC32)cc1. The topological polar surface area (TPSA) is 78.7 Å². The Hall–Kier alpha value is -2.63. The molecule has 0 amide bonds. The van der Waals surface area contributed by atoms with Gasteiger partial charge in [0.15, 0.2) is 5.78 Å². The molecule has 1 aliphatic carbocycles. The predicted octanol–water partition coefficient (Wildman–Crippen LogP) is 4.54. The third kappa shape index (κ3) is 3.61. The molecule has 2 aliphatic rings. The van der Waals surface area contributed by atoms with Crippen molar-refractivity contribution in [2.75, 3.05) is 6.61 Å². The molecule has 0 aromatic heterocycles. The van der Waals surface area contributed by atoms with Gasteiger partial charge < -0.3 is 9.47 Å². The molecule has 6 heteroatoms. The molecule has 1 aromatic rings. The van der Waals surface area contributed by atoms with Crippen molar-refractivity contribution >= 4 is 5.78 Å². The first kappa shape index (κ1) is 19.1. The van der Waals surface area contributed by atoms with Crippen LogP contribution in [0.25, 0.3) is 0 Å². The molecule has 0 N–H and O–H groups in total. The number of hydrogen-bond acceptors (Lipinski definition) is 5. The molecule has 1 aliphatic heterocycles. The van der Waals surface area contributed by atoms with Crippen molar-refractivity contribution in [2.45, 2.75) is 46.6 Å². The summed E-state index contributed by atoms with van der Waals surface area (Å²) in [6, 6.07) is 6.84. The predicted molar refractivity (Wildman–Crippen MR) is 101 cm³/mol. The lowest BCUT2D eigenvalue weighted by Crippen LogP contribution is -2.31. The van der Waals surface area contributed by atoms with Crippen molar-refractivity contribution in [3.05, 3.63) is 62.5 Å². The number of ketones is 1. The quantitative estimate of drug-likeness (QED) is 0.431. The number of Topliss-reactive ketones (excluding diaryl/α,β-unsaturated/α-hetero) is 1. The van der Waals surface area contributed by atoms with Crippen LogP contribution in [0.2, 0.25) is 0 Å². The Morgan fingerprint density at radius 3 is 2.44 bits per heavy atom. The van der Waals surface area contributed by atoms with Crippen LogP contribution in [0.3, 0.4) is 0 Å². The summed E-state index contributed by atoms with van der Waals surface area (Å²) < 4.78 is 12.0. The second-order valence-electron chi connectivity index (χ2n) is 7.93. The zero-order valence-corrected chi connectivity index (χ0v) is 16.4. The smallest absolute Gasteiger partial charge is 0.256 e. The van der Waals surface area contributed by atoms with Crippen LogP contribution in [-0.2, 0) is 4.74 Å². The fourth-order valence-corrected chi connectivity index (χ4v) is 4.00. The van der Waals surface area contributed by atoms with E-state index in [0.717, 1.165) is 11.3 Å². The fourth-order valence-electron chi connectivity index (χ4n) is 4.00. The van der Waals surface area contributed by atoms with Crippen LogP contribution < -0.4 is 4.74 Å². The summed E-state index contributed by atoms with van der Waals surface area (Å²) in [6.07, 6.45) is 0.710. The number of nitrogens with zero attached hydrogens (tertiary/aromatic N) is 1. The maximum absolute atomic E-state index is 11.8. The molecule has 6 nitrogen and oxygen atoms in total. The minimum Gasteiger partial charge on any atom is -0.493 e. The van der Waals surface area contributed by atoms with E-state index in [1.807, 2.05) is 20.8 Å². The van der Waals surface area contributed by atoms with Gasteiger partial charge in [-0.3, -0.25) is 14.9 Å². The zero-order chi connectivity index (χ0) is 19.9. The summed E-state index contributed by atoms with van der Waals surface area (Å²) in [5.41, 5.74) is 1.98. The molecule has 1 heterocycles. The highest BCUT2D eigenvalue weighted by Gasteiger charge is 2.50. The number of hydrogen-bond donors (Lipinski definition) is 0. The van der Waals surface area contributed by atoms with Gasteiger partial charge in [-0.05, 0) is 70.9 Å². The number of benzene rings is 1. The third-order valence-corrected chi connectivity index (χ3v) is 5.47. The molecule has 0 spiro atoms. The molecular formula is C21H25NO5. The Morgan fingerprint density at radius 1 is 1.26 bits per heavy atom. The van der Waals surface area contributed by atoms with Gasteiger partial charge in [0.2, 0.25) is 0 Å². The van der Waals surface area contributed by atoms with Gasteiger partial charge in [0.05, 0.1) is 10.8 Å². The van der Waals surface area contributed by atoms with Crippen molar-refractivity contribution < 1.29 is 19.2 Å². The number of nitro groups is 1. The molecule has 0 bridgehead atoms. The highest BCUT2D eigenvalue weighted by atomic mass is 16.6. The number of fused-ring (bicyclic) bond motifs is 1. The molecule has 0 saturated carbocycles. The standard InChI is InChI=1S/C21H25NO5/c1-12-13(2)20-17(10-21(4,5)27-20)18(19(12)22(24)25)11-26-16-8-6-15(7-9-16)14(3)23/h6-9,17-18H,10-11H2,1-5H3. The lowest BCUT2D eigenvalue weighted by molar-refractivity contribution is -0.437. The molecule has 0 radical (unpaired) electrons. The first-order valence-corrected chi connectivity index (χ1v) is 9.10. The maximum atomic E-state index is 11.8. The van der Waals surface area contributed by atoms with Gasteiger partial charge in [-0.1, -0.05) is 0 Å². The van der Waals surface area contributed by atoms with Gasteiger partial charge in [0, 0.05) is 17.1 Å². The van der Waals surface area contributed by atoms with E-state index in [4.69, 9.17) is 9.47 Å². The van der Waals surface area contributed by atoms with Gasteiger partial charge in [-0.25, -0.2) is 0 Å². The molecule has 2 unspecified atom stereocenters. The Labute approximate surface area is 159 Å². The van der Waals surface area contributed by atoms with Crippen LogP contribution in [0.4, 0.5) is 0 Å². The Morgan fingerprint density at radius 2 is 1.89 bits per heavy atom. The average molecular weight is 371 g/mol. The molecule has 1 saturated heterocycles. The fraction of sp³-hybridized carbons (Fsp3) is 0.476. The van der Waals surface area contributed by atoms with E-state index < -0.39 is 0 Å². The van der Waals surface area contributed by atoms with E-state index in [1.54, 1.807) is 31.2 Å². The van der Waals surface area contributed by atoms with E-state index in [0.29, 0.717) is 23.3 Å². The molecule has 27 heavy (non-hydrogen) atoms. The summed E-state index contributed by atoms with van der Waals surface area (Å²) in [4.78, 5) is 22.9. The van der Waals surface area contributed by atoms with Crippen molar-refractivity contribution in [2.24, 2.45) is 11.8 Å². The Bertz CT molecular complexity index is 848. The van der Waals surface area contributed by atoms with Crippen LogP contribution in [0.5, 0.6) is 5.75 Å². The van der Waals surface area contributed by atoms with Gasteiger partial charge >= 0.3 is 0 Å². The number of ether oxygens (including phenoxy) is 2. The number of carbonyl (C=O) groups is 1. The number of allylic oxidation sites excluding steroid dienone is 3. The van der Waals surface area contributed by atoms with Crippen molar-refractivity contribution in [1.29, 1.82) is 0 Å². The van der Waals surface area contributed by atoms with Crippen LogP contribution >= 0.6 is 0 Å². The van der Waals surface area contributed by atoms with Gasteiger partial charge in [-0.2, -0.15) is 0 Å². The lowest BCUT2D eigenvalue weighted by Gasteiger charge is -2.27. The minimum absolute atomic E-state index is 0.0152. The largest absolute Gasteiger partial charge is 0.493 e. The van der Waals surface area contributed by atoms with E-state index in [9.17, 15) is 14.9 Å². The monoisotopic (exact) mass is 371 g/mol. The van der Waals surface area contributed by atoms with Crippen LogP contribution in [0.15, 0.2) is 46.9 Å². The highest BCUT2D eigenvalue weighted by Crippen LogP contribution is 2.49. The lowest BCUT2D eigenvalue weighted by atomic mass is 9.77. The van der Waals surface area contributed by atoms with Gasteiger partial charge in [0.25, 0.3) is 5.70 Å². The summed E-state index contributed by atoms with van der Waals surface area (Å²) in [5.74, 6) is 0.974. The van der Waals surface area contributed by atoms with Crippen LogP contribution in [-0.4, -0.2) is 22.9 Å². The van der Waals surface area contributed by atoms with Gasteiger partial charge in [0.1, 0.15) is 23.7 Å². The summed E-state index contributed by atoms with van der Waals surface area (Å²) in [7, 11) is 0. The second kappa shape index (κ2) is 6.83. The minimum atomic E-state index is -0.382. The molecular weight excluding hydrogens is 346 g/mol. The molecule has 144 valence electrons. The Kier molecular flexibility index (Phi) is 4.84. The van der Waals surface area contributed by atoms with E-state index in [-0.39, 0.29) is 40.4 Å². The Balaban J connectivity index is 1.87. The highest BCUT2D eigenvalue weighted by molar-refractivity contribution is 5.94. The van der Waals surface area contributed by atoms with Crippen LogP contribution in [0, 0.1) is 22.0 Å². The number of carbonyl (C=O) groups excluding carboxylic acids is 1. The third-order valence-electron chi connectivity index (χ3n) is 5.47. The van der Waals surface area contributed by atoms with E-state index in [1.165, 1.54) is 6.92 Å². The summed E-state index contributed by atoms with van der Waals surface area (Å²) in [6.45, 7) is 9.37. The normalized spacial score (nSPS) is 23.7. The first-order chi connectivity index (χ1) is 12.6. The van der Waals surface area contributed by atoms with Crippen molar-refractivity contribution in [3.8, 4) is 5.75 Å². The second-order valence-corrected chi connectivity index (χ2v) is 7.93. The summed E-state index contributed by atoms with van der Waals surface area (Å²) in [5, 5.41) is 11.8. The van der Waals surface area contributed by atoms with Crippen LogP contribution in [0.1, 0.15) is 51.4 Å². The van der Waals surface area contributed by atoms with E-state index in [2.05, 4.69) is 0 Å². The van der Waals surface area contributed by atoms with Crippen molar-refractivity contribution in [1.82, 2.24) is 0 Å². The molecule has 2 atom stereocenters. The molecule has 3 rings (SSSR count). The zero-order valence-electron chi connectivity index (χ0n) is 16.4. The number of rotatable bonds is 5. The molecule has 1 fully saturated rings. The van der Waals surface area contributed by atoms with Crippen molar-refractivity contribution in [3.63, 3.8) is 0 Å². The van der Waals surface area contributed by atoms with E-state index >= 15 is 0 Å². The van der Waals surface area contributed by atoms with Gasteiger partial charge in [-0.15, -0.1) is 0 Å². The molecule has 1 aromatic carbocycles. The average Bonchev–Trinajstić information content (AvgIpc) is 2.92. The summed E-state index contributed by atoms with van der Waals surface area (Å²) >= 11 is 0. The maximum Gasteiger partial charge on any atom is 0.256 e.